The second-order valence-corrected chi connectivity index (χ2v) is 5.69. The summed E-state index contributed by atoms with van der Waals surface area (Å²) in [5.74, 6) is -0.334. The number of amides is 1. The molecule has 25 heavy (non-hydrogen) atoms. The topological polar surface area (TPSA) is 72.7 Å². The van der Waals surface area contributed by atoms with E-state index in [0.717, 1.165) is 11.1 Å². The van der Waals surface area contributed by atoms with Crippen molar-refractivity contribution in [2.24, 2.45) is 0 Å². The summed E-state index contributed by atoms with van der Waals surface area (Å²) in [6, 6.07) is 12.9. The average Bonchev–Trinajstić information content (AvgIpc) is 3.00. The zero-order valence-corrected chi connectivity index (χ0v) is 13.7. The highest BCUT2D eigenvalue weighted by molar-refractivity contribution is 6.21. The standard InChI is InChI=1S/C18H12ClN5O/c19-24-16-4-3-12(13-2-1-7-21-11-13)10-15(16)17(23-24)18(25)22-14-5-8-20-9-6-14/h1-11H,(H,20,22,25). The number of nitrogens with zero attached hydrogens (tertiary/aromatic N) is 4. The third-order valence-corrected chi connectivity index (χ3v) is 4.04. The first-order valence-electron chi connectivity index (χ1n) is 7.53. The summed E-state index contributed by atoms with van der Waals surface area (Å²) in [6.45, 7) is 0. The molecule has 1 amide bonds. The number of fused-ring (bicyclic) bond motifs is 1. The van der Waals surface area contributed by atoms with E-state index in [2.05, 4.69) is 20.4 Å². The molecule has 3 heterocycles. The number of hydrogen-bond donors (Lipinski definition) is 1. The lowest BCUT2D eigenvalue weighted by molar-refractivity contribution is 0.102. The van der Waals surface area contributed by atoms with Crippen LogP contribution in [-0.4, -0.2) is 25.2 Å². The first-order valence-corrected chi connectivity index (χ1v) is 7.87. The van der Waals surface area contributed by atoms with Crippen molar-refractivity contribution in [1.29, 1.82) is 0 Å². The maximum atomic E-state index is 12.6. The Labute approximate surface area is 148 Å². The maximum Gasteiger partial charge on any atom is 0.276 e. The van der Waals surface area contributed by atoms with Gasteiger partial charge < -0.3 is 5.32 Å². The minimum atomic E-state index is -0.334. The van der Waals surface area contributed by atoms with Gasteiger partial charge in [-0.15, -0.1) is 0 Å². The summed E-state index contributed by atoms with van der Waals surface area (Å²) in [7, 11) is 0. The fourth-order valence-corrected chi connectivity index (χ4v) is 2.81. The summed E-state index contributed by atoms with van der Waals surface area (Å²) in [4.78, 5) is 20.7. The number of aromatic nitrogens is 4. The Hall–Kier alpha value is -3.25. The predicted octanol–water partition coefficient (Wildman–Crippen LogP) is 3.75. The van der Waals surface area contributed by atoms with Gasteiger partial charge in [0.1, 0.15) is 0 Å². The number of nitrogens with one attached hydrogen (secondary N) is 1. The zero-order chi connectivity index (χ0) is 17.2. The molecule has 6 nitrogen and oxygen atoms in total. The van der Waals surface area contributed by atoms with E-state index < -0.39 is 0 Å². The van der Waals surface area contributed by atoms with Crippen LogP contribution in [0, 0.1) is 0 Å². The Morgan fingerprint density at radius 3 is 2.60 bits per heavy atom. The number of halogens is 1. The van der Waals surface area contributed by atoms with E-state index in [4.69, 9.17) is 11.8 Å². The summed E-state index contributed by atoms with van der Waals surface area (Å²) >= 11 is 6.13. The van der Waals surface area contributed by atoms with Gasteiger partial charge in [-0.05, 0) is 35.9 Å². The molecule has 3 aromatic heterocycles. The highest BCUT2D eigenvalue weighted by Crippen LogP contribution is 2.27. The third-order valence-electron chi connectivity index (χ3n) is 3.79. The molecule has 0 aliphatic rings. The summed E-state index contributed by atoms with van der Waals surface area (Å²) in [5, 5.41) is 7.63. The summed E-state index contributed by atoms with van der Waals surface area (Å²) < 4.78 is 1.18. The highest BCUT2D eigenvalue weighted by atomic mass is 35.5. The van der Waals surface area contributed by atoms with Crippen molar-refractivity contribution in [2.75, 3.05) is 5.32 Å². The second kappa shape index (κ2) is 6.33. The van der Waals surface area contributed by atoms with Gasteiger partial charge in [-0.2, -0.15) is 9.30 Å². The van der Waals surface area contributed by atoms with Crippen LogP contribution in [0.25, 0.3) is 22.0 Å². The first kappa shape index (κ1) is 15.3. The van der Waals surface area contributed by atoms with E-state index in [0.29, 0.717) is 16.6 Å². The van der Waals surface area contributed by atoms with Gasteiger partial charge in [-0.25, -0.2) is 0 Å². The molecule has 1 N–H and O–H groups in total. The fourth-order valence-electron chi connectivity index (χ4n) is 2.59. The maximum absolute atomic E-state index is 12.6. The van der Waals surface area contributed by atoms with Crippen molar-refractivity contribution in [2.45, 2.75) is 0 Å². The van der Waals surface area contributed by atoms with Gasteiger partial charge in [0.15, 0.2) is 5.69 Å². The molecule has 4 rings (SSSR count). The number of carbonyl (C=O) groups is 1. The lowest BCUT2D eigenvalue weighted by Crippen LogP contribution is -2.13. The molecule has 0 radical (unpaired) electrons. The van der Waals surface area contributed by atoms with Gasteiger partial charge in [-0.3, -0.25) is 14.8 Å². The zero-order valence-electron chi connectivity index (χ0n) is 12.9. The number of pyridine rings is 2. The van der Waals surface area contributed by atoms with Gasteiger partial charge in [0, 0.05) is 53.2 Å². The molecular formula is C18H12ClN5O. The first-order chi connectivity index (χ1) is 12.2. The van der Waals surface area contributed by atoms with Crippen LogP contribution in [0.5, 0.6) is 0 Å². The molecule has 0 aliphatic carbocycles. The monoisotopic (exact) mass is 349 g/mol. The van der Waals surface area contributed by atoms with Crippen molar-refractivity contribution in [3.63, 3.8) is 0 Å². The van der Waals surface area contributed by atoms with Gasteiger partial charge in [-0.1, -0.05) is 12.1 Å². The van der Waals surface area contributed by atoms with Gasteiger partial charge in [0.25, 0.3) is 5.91 Å². The third kappa shape index (κ3) is 2.95. The van der Waals surface area contributed by atoms with Crippen molar-refractivity contribution in [3.8, 4) is 11.1 Å². The highest BCUT2D eigenvalue weighted by Gasteiger charge is 2.18. The van der Waals surface area contributed by atoms with Crippen LogP contribution in [0.4, 0.5) is 5.69 Å². The molecule has 0 aliphatic heterocycles. The fraction of sp³-hybridized carbons (Fsp3) is 0. The van der Waals surface area contributed by atoms with E-state index in [1.807, 2.05) is 30.3 Å². The smallest absolute Gasteiger partial charge is 0.276 e. The molecule has 7 heteroatoms. The minimum absolute atomic E-state index is 0.257. The van der Waals surface area contributed by atoms with E-state index in [-0.39, 0.29) is 11.6 Å². The normalized spacial score (nSPS) is 10.8. The van der Waals surface area contributed by atoms with Crippen molar-refractivity contribution >= 4 is 34.3 Å². The molecule has 0 unspecified atom stereocenters. The Morgan fingerprint density at radius 2 is 1.84 bits per heavy atom. The van der Waals surface area contributed by atoms with Crippen LogP contribution >= 0.6 is 11.8 Å². The number of rotatable bonds is 3. The molecule has 122 valence electrons. The molecule has 1 aromatic carbocycles. The van der Waals surface area contributed by atoms with Crippen molar-refractivity contribution in [1.82, 2.24) is 19.3 Å². The van der Waals surface area contributed by atoms with Crippen molar-refractivity contribution < 1.29 is 4.79 Å². The molecule has 0 fully saturated rings. The molecule has 0 spiro atoms. The van der Waals surface area contributed by atoms with E-state index in [9.17, 15) is 4.79 Å². The largest absolute Gasteiger partial charge is 0.320 e. The van der Waals surface area contributed by atoms with E-state index in [1.165, 1.54) is 4.20 Å². The molecule has 0 atom stereocenters. The summed E-state index contributed by atoms with van der Waals surface area (Å²) in [5.41, 5.74) is 3.44. The Morgan fingerprint density at radius 1 is 1.00 bits per heavy atom. The lowest BCUT2D eigenvalue weighted by Gasteiger charge is -2.04. The number of benzene rings is 1. The van der Waals surface area contributed by atoms with Crippen LogP contribution in [0.2, 0.25) is 0 Å². The van der Waals surface area contributed by atoms with Gasteiger partial charge >= 0.3 is 0 Å². The Kier molecular flexibility index (Phi) is 3.87. The molecule has 4 aromatic rings. The second-order valence-electron chi connectivity index (χ2n) is 5.37. The van der Waals surface area contributed by atoms with E-state index >= 15 is 0 Å². The Bertz CT molecular complexity index is 1050. The van der Waals surface area contributed by atoms with Crippen LogP contribution in [0.1, 0.15) is 10.5 Å². The number of carbonyl (C=O) groups excluding carboxylic acids is 1. The van der Waals surface area contributed by atoms with Crippen LogP contribution in [0.3, 0.4) is 0 Å². The minimum Gasteiger partial charge on any atom is -0.320 e. The van der Waals surface area contributed by atoms with Gasteiger partial charge in [0.2, 0.25) is 0 Å². The van der Waals surface area contributed by atoms with Gasteiger partial charge in [0.05, 0.1) is 5.52 Å². The molecule has 0 bridgehead atoms. The van der Waals surface area contributed by atoms with Crippen LogP contribution < -0.4 is 5.32 Å². The number of hydrogen-bond acceptors (Lipinski definition) is 4. The lowest BCUT2D eigenvalue weighted by atomic mass is 10.0. The Balaban J connectivity index is 1.77. The van der Waals surface area contributed by atoms with E-state index in [1.54, 1.807) is 36.9 Å². The quantitative estimate of drug-likeness (QED) is 0.611. The molecule has 0 saturated carbocycles. The van der Waals surface area contributed by atoms with Crippen molar-refractivity contribution in [3.05, 3.63) is 72.9 Å². The molecule has 0 saturated heterocycles. The predicted molar refractivity (Wildman–Crippen MR) is 96.4 cm³/mol. The molecular weight excluding hydrogens is 338 g/mol. The van der Waals surface area contributed by atoms with Crippen LogP contribution in [0.15, 0.2) is 67.3 Å². The average molecular weight is 350 g/mol. The van der Waals surface area contributed by atoms with Crippen LogP contribution in [-0.2, 0) is 0 Å². The SMILES string of the molecule is O=C(Nc1ccncc1)c1nn(Cl)c2ccc(-c3cccnc3)cc12. The summed E-state index contributed by atoms with van der Waals surface area (Å²) in [6.07, 6.45) is 6.69. The number of anilines is 1.